The van der Waals surface area contributed by atoms with Gasteiger partial charge in [-0.3, -0.25) is 14.9 Å². The maximum atomic E-state index is 12.9. The number of nitro benzene ring substituents is 1. The third-order valence-electron chi connectivity index (χ3n) is 5.82. The number of ether oxygens (including phenoxy) is 3. The number of hydrogen-bond acceptors (Lipinski definition) is 7. The molecule has 0 radical (unpaired) electrons. The zero-order chi connectivity index (χ0) is 27.9. The molecule has 4 rings (SSSR count). The number of nitriles is 1. The Bertz CT molecular complexity index is 1640. The number of nitrogens with one attached hydrogen (secondary N) is 1. The topological polar surface area (TPSA) is 124 Å². The van der Waals surface area contributed by atoms with Gasteiger partial charge >= 0.3 is 0 Å². The molecule has 0 aliphatic heterocycles. The number of carbonyl (C=O) groups excluding carboxylic acids is 1. The number of carbonyl (C=O) groups is 1. The van der Waals surface area contributed by atoms with Crippen LogP contribution in [0.15, 0.2) is 78.4 Å². The van der Waals surface area contributed by atoms with Crippen molar-refractivity contribution in [2.24, 2.45) is 0 Å². The van der Waals surface area contributed by atoms with Crippen LogP contribution >= 0.6 is 22.6 Å². The van der Waals surface area contributed by atoms with Crippen LogP contribution in [0.25, 0.3) is 16.8 Å². The molecule has 4 aromatic rings. The number of nitrogens with zero attached hydrogens (tertiary/aromatic N) is 2. The second-order valence-electron chi connectivity index (χ2n) is 8.23. The molecule has 196 valence electrons. The van der Waals surface area contributed by atoms with Gasteiger partial charge in [-0.1, -0.05) is 42.5 Å². The quantitative estimate of drug-likeness (QED) is 0.0733. The van der Waals surface area contributed by atoms with Gasteiger partial charge in [0.2, 0.25) is 0 Å². The predicted octanol–water partition coefficient (Wildman–Crippen LogP) is 6.49. The summed E-state index contributed by atoms with van der Waals surface area (Å²) in [6, 6.07) is 23.2. The van der Waals surface area contributed by atoms with Crippen molar-refractivity contribution in [2.75, 3.05) is 19.5 Å². The Morgan fingerprint density at radius 3 is 2.51 bits per heavy atom. The van der Waals surface area contributed by atoms with Gasteiger partial charge in [0.15, 0.2) is 11.5 Å². The van der Waals surface area contributed by atoms with Crippen LogP contribution in [-0.4, -0.2) is 25.1 Å². The van der Waals surface area contributed by atoms with E-state index in [0.29, 0.717) is 23.7 Å². The molecule has 0 aromatic heterocycles. The summed E-state index contributed by atoms with van der Waals surface area (Å²) in [6.45, 7) is 0.319. The fraction of sp³-hybridized carbons (Fsp3) is 0.103. The highest BCUT2D eigenvalue weighted by Gasteiger charge is 2.18. The van der Waals surface area contributed by atoms with E-state index in [1.54, 1.807) is 12.1 Å². The van der Waals surface area contributed by atoms with Crippen molar-refractivity contribution in [1.82, 2.24) is 0 Å². The number of benzene rings is 4. The number of fused-ring (bicyclic) bond motifs is 1. The minimum absolute atomic E-state index is 0.0715. The van der Waals surface area contributed by atoms with E-state index in [-0.39, 0.29) is 22.7 Å². The van der Waals surface area contributed by atoms with Gasteiger partial charge in [-0.05, 0) is 68.8 Å². The third kappa shape index (κ3) is 6.27. The van der Waals surface area contributed by atoms with Crippen molar-refractivity contribution < 1.29 is 23.9 Å². The van der Waals surface area contributed by atoms with E-state index in [9.17, 15) is 20.2 Å². The predicted molar refractivity (Wildman–Crippen MR) is 156 cm³/mol. The van der Waals surface area contributed by atoms with Crippen molar-refractivity contribution >= 4 is 56.7 Å². The lowest BCUT2D eigenvalue weighted by Crippen LogP contribution is -2.14. The maximum absolute atomic E-state index is 12.9. The second kappa shape index (κ2) is 12.3. The summed E-state index contributed by atoms with van der Waals surface area (Å²) < 4.78 is 17.6. The van der Waals surface area contributed by atoms with Gasteiger partial charge in [0.05, 0.1) is 28.4 Å². The average Bonchev–Trinajstić information content (AvgIpc) is 2.94. The zero-order valence-electron chi connectivity index (χ0n) is 20.9. The number of rotatable bonds is 9. The molecule has 0 aliphatic rings. The van der Waals surface area contributed by atoms with Gasteiger partial charge in [-0.2, -0.15) is 5.26 Å². The first-order valence-corrected chi connectivity index (χ1v) is 12.6. The molecule has 0 heterocycles. The van der Waals surface area contributed by atoms with Crippen LogP contribution in [0.4, 0.5) is 11.4 Å². The fourth-order valence-electron chi connectivity index (χ4n) is 3.94. The molecule has 4 aromatic carbocycles. The number of amides is 1. The highest BCUT2D eigenvalue weighted by molar-refractivity contribution is 14.1. The lowest BCUT2D eigenvalue weighted by molar-refractivity contribution is -0.384. The second-order valence-corrected chi connectivity index (χ2v) is 9.39. The zero-order valence-corrected chi connectivity index (χ0v) is 23.1. The van der Waals surface area contributed by atoms with Crippen LogP contribution in [-0.2, 0) is 11.4 Å². The number of hydrogen-bond donors (Lipinski definition) is 1. The minimum Gasteiger partial charge on any atom is -0.495 e. The lowest BCUT2D eigenvalue weighted by atomic mass is 10.1. The molecule has 0 spiro atoms. The van der Waals surface area contributed by atoms with Crippen molar-refractivity contribution in [2.45, 2.75) is 6.61 Å². The van der Waals surface area contributed by atoms with E-state index in [2.05, 4.69) is 27.9 Å². The van der Waals surface area contributed by atoms with Crippen LogP contribution in [0.2, 0.25) is 0 Å². The number of non-ortho nitro benzene ring substituents is 1. The first-order valence-electron chi connectivity index (χ1n) is 11.6. The molecule has 1 N–H and O–H groups in total. The van der Waals surface area contributed by atoms with Gasteiger partial charge < -0.3 is 19.5 Å². The Balaban J connectivity index is 1.58. The van der Waals surface area contributed by atoms with Crippen LogP contribution in [0.5, 0.6) is 17.2 Å². The van der Waals surface area contributed by atoms with E-state index in [4.69, 9.17) is 14.2 Å². The number of halogens is 1. The molecule has 0 fully saturated rings. The Morgan fingerprint density at radius 1 is 1.05 bits per heavy atom. The summed E-state index contributed by atoms with van der Waals surface area (Å²) in [5.74, 6) is 0.440. The molecule has 39 heavy (non-hydrogen) atoms. The molecule has 0 bridgehead atoms. The summed E-state index contributed by atoms with van der Waals surface area (Å²) in [6.07, 6.45) is 1.40. The maximum Gasteiger partial charge on any atom is 0.271 e. The summed E-state index contributed by atoms with van der Waals surface area (Å²) >= 11 is 2.11. The molecule has 0 unspecified atom stereocenters. The normalized spacial score (nSPS) is 11.0. The molecule has 0 aliphatic carbocycles. The van der Waals surface area contributed by atoms with E-state index in [0.717, 1.165) is 19.9 Å². The van der Waals surface area contributed by atoms with E-state index < -0.39 is 10.8 Å². The van der Waals surface area contributed by atoms with Crippen molar-refractivity contribution in [3.8, 4) is 23.3 Å². The summed E-state index contributed by atoms with van der Waals surface area (Å²) in [5.41, 5.74) is 1.18. The van der Waals surface area contributed by atoms with Crippen molar-refractivity contribution in [1.29, 1.82) is 5.26 Å². The standard InChI is InChI=1S/C29H22IN3O6/c1-37-26-11-10-22(33(35)36)15-25(26)32-29(34)21(16-31)12-18-13-24(30)28(27(14-18)38-2)39-17-20-8-5-7-19-6-3-4-9-23(19)20/h3-15H,17H2,1-2H3,(H,32,34)/b21-12+. The van der Waals surface area contributed by atoms with Gasteiger partial charge in [0.25, 0.3) is 11.6 Å². The van der Waals surface area contributed by atoms with Crippen LogP contribution in [0.1, 0.15) is 11.1 Å². The Kier molecular flexibility index (Phi) is 8.63. The van der Waals surface area contributed by atoms with Gasteiger partial charge in [0.1, 0.15) is 24.0 Å². The molecule has 9 nitrogen and oxygen atoms in total. The summed E-state index contributed by atoms with van der Waals surface area (Å²) in [7, 11) is 2.88. The van der Waals surface area contributed by atoms with Crippen LogP contribution in [0.3, 0.4) is 0 Å². The fourth-order valence-corrected chi connectivity index (χ4v) is 4.72. The Morgan fingerprint density at radius 2 is 1.79 bits per heavy atom. The highest BCUT2D eigenvalue weighted by Crippen LogP contribution is 2.36. The third-order valence-corrected chi connectivity index (χ3v) is 6.62. The minimum atomic E-state index is -0.749. The average molecular weight is 635 g/mol. The SMILES string of the molecule is COc1ccc([N+](=O)[O-])cc1NC(=O)/C(C#N)=C/c1cc(I)c(OCc2cccc3ccccc23)c(OC)c1. The number of nitro groups is 1. The molecule has 0 saturated heterocycles. The Labute approximate surface area is 237 Å². The highest BCUT2D eigenvalue weighted by atomic mass is 127. The summed E-state index contributed by atoms with van der Waals surface area (Å²) in [4.78, 5) is 23.4. The van der Waals surface area contributed by atoms with E-state index >= 15 is 0 Å². The van der Waals surface area contributed by atoms with E-state index in [1.165, 1.54) is 38.5 Å². The monoisotopic (exact) mass is 635 g/mol. The van der Waals surface area contributed by atoms with Crippen molar-refractivity contribution in [3.63, 3.8) is 0 Å². The molecular weight excluding hydrogens is 613 g/mol. The van der Waals surface area contributed by atoms with Gasteiger partial charge in [-0.25, -0.2) is 0 Å². The molecule has 10 heteroatoms. The number of anilines is 1. The molecule has 0 atom stereocenters. The van der Waals surface area contributed by atoms with Gasteiger partial charge in [-0.15, -0.1) is 0 Å². The molecule has 0 saturated carbocycles. The summed E-state index contributed by atoms with van der Waals surface area (Å²) in [5, 5.41) is 25.5. The van der Waals surface area contributed by atoms with Gasteiger partial charge in [0, 0.05) is 12.1 Å². The smallest absolute Gasteiger partial charge is 0.271 e. The van der Waals surface area contributed by atoms with Crippen LogP contribution < -0.4 is 19.5 Å². The Hall–Kier alpha value is -4.63. The van der Waals surface area contributed by atoms with Crippen LogP contribution in [0, 0.1) is 25.0 Å². The first kappa shape index (κ1) is 27.4. The lowest BCUT2D eigenvalue weighted by Gasteiger charge is -2.15. The first-order chi connectivity index (χ1) is 18.8. The molecular formula is C29H22IN3O6. The van der Waals surface area contributed by atoms with E-state index in [1.807, 2.05) is 48.5 Å². The number of methoxy groups -OCH3 is 2. The molecule has 1 amide bonds. The van der Waals surface area contributed by atoms with Crippen molar-refractivity contribution in [3.05, 3.63) is 103 Å². The largest absolute Gasteiger partial charge is 0.495 e.